The van der Waals surface area contributed by atoms with Gasteiger partial charge in [-0.15, -0.1) is 0 Å². The first-order valence-electron chi connectivity index (χ1n) is 8.29. The highest BCUT2D eigenvalue weighted by molar-refractivity contribution is 6.31. The Morgan fingerprint density at radius 1 is 1.31 bits per heavy atom. The van der Waals surface area contributed by atoms with E-state index < -0.39 is 18.2 Å². The van der Waals surface area contributed by atoms with Gasteiger partial charge in [0.15, 0.2) is 6.10 Å². The maximum absolute atomic E-state index is 12.7. The molecule has 0 fully saturated rings. The second-order valence-electron chi connectivity index (χ2n) is 6.19. The summed E-state index contributed by atoms with van der Waals surface area (Å²) >= 11 is 5.98. The summed E-state index contributed by atoms with van der Waals surface area (Å²) in [6, 6.07) is 12.5. The molecule has 0 radical (unpaired) electrons. The van der Waals surface area contributed by atoms with Gasteiger partial charge in [0.05, 0.1) is 5.56 Å². The van der Waals surface area contributed by atoms with Crippen LogP contribution in [0.1, 0.15) is 29.8 Å². The fourth-order valence-corrected chi connectivity index (χ4v) is 2.88. The van der Waals surface area contributed by atoms with Crippen molar-refractivity contribution in [3.8, 4) is 5.75 Å². The molecule has 0 spiro atoms. The number of amides is 2. The Morgan fingerprint density at radius 2 is 2.04 bits per heavy atom. The van der Waals surface area contributed by atoms with E-state index in [1.54, 1.807) is 38.1 Å². The summed E-state index contributed by atoms with van der Waals surface area (Å²) < 4.78 is 5.72. The number of nitrogens with one attached hydrogen (secondary N) is 2. The van der Waals surface area contributed by atoms with Crippen LogP contribution in [0.15, 0.2) is 42.5 Å². The van der Waals surface area contributed by atoms with Crippen LogP contribution in [0.25, 0.3) is 0 Å². The number of benzene rings is 2. The van der Waals surface area contributed by atoms with E-state index in [4.69, 9.17) is 16.3 Å². The van der Waals surface area contributed by atoms with Crippen LogP contribution in [0.5, 0.6) is 5.75 Å². The molecule has 136 valence electrons. The predicted molar refractivity (Wildman–Crippen MR) is 100 cm³/mol. The summed E-state index contributed by atoms with van der Waals surface area (Å²) in [6.07, 6.45) is -1.18. The van der Waals surface area contributed by atoms with Gasteiger partial charge in [-0.3, -0.25) is 15.0 Å². The number of rotatable bonds is 4. The molecule has 2 aromatic carbocycles. The molecular weight excluding hydrogens is 354 g/mol. The monoisotopic (exact) mass is 373 g/mol. The molecule has 0 bridgehead atoms. The van der Waals surface area contributed by atoms with Gasteiger partial charge in [0.25, 0.3) is 11.8 Å². The number of para-hydroxylation sites is 1. The third kappa shape index (κ3) is 3.60. The normalized spacial score (nSPS) is 17.2. The molecule has 1 aliphatic heterocycles. The number of carbonyl (C=O) groups is 2. The second kappa shape index (κ2) is 7.25. The molecule has 6 nitrogen and oxygen atoms in total. The predicted octanol–water partition coefficient (Wildman–Crippen LogP) is 3.36. The maximum Gasteiger partial charge on any atom is 0.279 e. The number of carbonyl (C=O) groups excluding carboxylic acids is 2. The second-order valence-corrected chi connectivity index (χ2v) is 6.62. The van der Waals surface area contributed by atoms with Crippen molar-refractivity contribution in [3.05, 3.63) is 58.6 Å². The fraction of sp³-hybridized carbons (Fsp3) is 0.263. The van der Waals surface area contributed by atoms with Gasteiger partial charge in [-0.05, 0) is 50.6 Å². The Labute approximate surface area is 157 Å². The largest absolute Gasteiger partial charge is 0.481 e. The van der Waals surface area contributed by atoms with Crippen LogP contribution in [0.2, 0.25) is 5.02 Å². The molecule has 2 aromatic rings. The van der Waals surface area contributed by atoms with Crippen LogP contribution in [0.4, 0.5) is 5.69 Å². The van der Waals surface area contributed by atoms with Crippen molar-refractivity contribution in [1.29, 1.82) is 0 Å². The third-order valence-corrected chi connectivity index (χ3v) is 4.41. The van der Waals surface area contributed by atoms with Crippen molar-refractivity contribution in [2.75, 3.05) is 5.32 Å². The number of aryl methyl sites for hydroxylation is 1. The SMILES string of the molecule is Cc1ccccc1OC(C)C(=O)NN1C(=O)c2cc(Cl)ccc2NC1C. The van der Waals surface area contributed by atoms with Crippen molar-refractivity contribution >= 4 is 29.1 Å². The number of halogens is 1. The summed E-state index contributed by atoms with van der Waals surface area (Å²) in [5.74, 6) is -0.116. The third-order valence-electron chi connectivity index (χ3n) is 4.18. The van der Waals surface area contributed by atoms with Crippen LogP contribution in [0.3, 0.4) is 0 Å². The quantitative estimate of drug-likeness (QED) is 0.862. The number of hydrogen-bond acceptors (Lipinski definition) is 4. The van der Waals surface area contributed by atoms with Gasteiger partial charge in [-0.1, -0.05) is 29.8 Å². The summed E-state index contributed by atoms with van der Waals surface area (Å²) in [4.78, 5) is 25.2. The van der Waals surface area contributed by atoms with E-state index in [-0.39, 0.29) is 5.91 Å². The lowest BCUT2D eigenvalue weighted by Gasteiger charge is -2.36. The lowest BCUT2D eigenvalue weighted by molar-refractivity contribution is -0.132. The molecule has 2 unspecified atom stereocenters. The summed E-state index contributed by atoms with van der Waals surface area (Å²) in [6.45, 7) is 5.32. The molecule has 7 heteroatoms. The van der Waals surface area contributed by atoms with Crippen LogP contribution in [0, 0.1) is 6.92 Å². The maximum atomic E-state index is 12.7. The number of hydrogen-bond donors (Lipinski definition) is 2. The molecule has 2 N–H and O–H groups in total. The van der Waals surface area contributed by atoms with Crippen molar-refractivity contribution in [2.24, 2.45) is 0 Å². The first-order chi connectivity index (χ1) is 12.4. The average molecular weight is 374 g/mol. The molecule has 1 heterocycles. The highest BCUT2D eigenvalue weighted by atomic mass is 35.5. The topological polar surface area (TPSA) is 70.7 Å². The van der Waals surface area contributed by atoms with Gasteiger partial charge in [0.2, 0.25) is 0 Å². The van der Waals surface area contributed by atoms with Gasteiger partial charge >= 0.3 is 0 Å². The number of fused-ring (bicyclic) bond motifs is 1. The number of nitrogens with zero attached hydrogens (tertiary/aromatic N) is 1. The van der Waals surface area contributed by atoms with E-state index in [9.17, 15) is 9.59 Å². The molecule has 0 aromatic heterocycles. The van der Waals surface area contributed by atoms with Crippen LogP contribution in [-0.4, -0.2) is 29.1 Å². The minimum absolute atomic E-state index is 0.329. The summed E-state index contributed by atoms with van der Waals surface area (Å²) in [5.41, 5.74) is 4.65. The lowest BCUT2D eigenvalue weighted by Crippen LogP contribution is -2.58. The molecule has 0 saturated heterocycles. The summed E-state index contributed by atoms with van der Waals surface area (Å²) in [7, 11) is 0. The molecule has 0 aliphatic carbocycles. The van der Waals surface area contributed by atoms with E-state index >= 15 is 0 Å². The van der Waals surface area contributed by atoms with Gasteiger partial charge in [0, 0.05) is 10.7 Å². The van der Waals surface area contributed by atoms with Crippen LogP contribution in [-0.2, 0) is 4.79 Å². The Hall–Kier alpha value is -2.73. The minimum Gasteiger partial charge on any atom is -0.481 e. The molecule has 0 saturated carbocycles. The zero-order valence-corrected chi connectivity index (χ0v) is 15.5. The first kappa shape index (κ1) is 18.1. The van der Waals surface area contributed by atoms with E-state index in [0.29, 0.717) is 22.0 Å². The zero-order chi connectivity index (χ0) is 18.8. The van der Waals surface area contributed by atoms with Crippen molar-refractivity contribution in [3.63, 3.8) is 0 Å². The number of ether oxygens (including phenoxy) is 1. The highest BCUT2D eigenvalue weighted by Crippen LogP contribution is 2.27. The van der Waals surface area contributed by atoms with E-state index in [1.807, 2.05) is 25.1 Å². The van der Waals surface area contributed by atoms with Gasteiger partial charge < -0.3 is 10.1 Å². The Kier molecular flexibility index (Phi) is 5.04. The van der Waals surface area contributed by atoms with E-state index in [1.165, 1.54) is 5.01 Å². The van der Waals surface area contributed by atoms with E-state index in [2.05, 4.69) is 10.7 Å². The molecular formula is C19H20ClN3O3. The van der Waals surface area contributed by atoms with Gasteiger partial charge in [0.1, 0.15) is 11.9 Å². The first-order valence-corrected chi connectivity index (χ1v) is 8.67. The lowest BCUT2D eigenvalue weighted by atomic mass is 10.1. The zero-order valence-electron chi connectivity index (χ0n) is 14.7. The molecule has 2 amide bonds. The molecule has 3 rings (SSSR count). The Bertz CT molecular complexity index is 856. The Balaban J connectivity index is 1.72. The number of hydrazine groups is 1. The standard InChI is InChI=1S/C19H20ClN3O3/c1-11-6-4-5-7-17(11)26-12(2)18(24)22-23-13(3)21-16-9-8-14(20)10-15(16)19(23)25/h4-10,12-13,21H,1-3H3,(H,22,24). The highest BCUT2D eigenvalue weighted by Gasteiger charge is 2.32. The van der Waals surface area contributed by atoms with Crippen molar-refractivity contribution in [2.45, 2.75) is 33.0 Å². The van der Waals surface area contributed by atoms with Gasteiger partial charge in [-0.25, -0.2) is 5.01 Å². The molecule has 1 aliphatic rings. The van der Waals surface area contributed by atoms with Crippen LogP contribution < -0.4 is 15.5 Å². The summed E-state index contributed by atoms with van der Waals surface area (Å²) in [5, 5.41) is 4.86. The van der Waals surface area contributed by atoms with Crippen molar-refractivity contribution < 1.29 is 14.3 Å². The number of anilines is 1. The fourth-order valence-electron chi connectivity index (χ4n) is 2.70. The molecule has 26 heavy (non-hydrogen) atoms. The Morgan fingerprint density at radius 3 is 2.77 bits per heavy atom. The van der Waals surface area contributed by atoms with Crippen molar-refractivity contribution in [1.82, 2.24) is 10.4 Å². The van der Waals surface area contributed by atoms with Gasteiger partial charge in [-0.2, -0.15) is 0 Å². The smallest absolute Gasteiger partial charge is 0.279 e. The minimum atomic E-state index is -0.767. The average Bonchev–Trinajstić information content (AvgIpc) is 2.61. The molecule has 2 atom stereocenters. The van der Waals surface area contributed by atoms with Crippen LogP contribution >= 0.6 is 11.6 Å². The van der Waals surface area contributed by atoms with E-state index in [0.717, 1.165) is 5.56 Å².